The molecule has 7 aromatic rings. The highest BCUT2D eigenvalue weighted by atomic mass is 19.1. The SMILES string of the molecule is Cc1nc(F)c(Oc2cnc3c4c(C(C)C)cccc4n4c5ccccc5[n+](C)c4c3c2C)[n+](C)c1Cc1cccc[n+]1C. The maximum absolute atomic E-state index is 15.6. The fourth-order valence-electron chi connectivity index (χ4n) is 6.61. The lowest BCUT2D eigenvalue weighted by Gasteiger charge is -2.15. The Morgan fingerprint density at radius 3 is 2.41 bits per heavy atom. The Morgan fingerprint density at radius 2 is 1.64 bits per heavy atom. The van der Waals surface area contributed by atoms with E-state index in [0.717, 1.165) is 55.4 Å². The summed E-state index contributed by atoms with van der Waals surface area (Å²) < 4.78 is 30.4. The molecule has 0 unspecified atom stereocenters. The number of imidazole rings is 1. The molecule has 0 fully saturated rings. The normalized spacial score (nSPS) is 11.9. The molecule has 0 saturated carbocycles. The van der Waals surface area contributed by atoms with Crippen molar-refractivity contribution in [1.82, 2.24) is 14.4 Å². The third-order valence-corrected chi connectivity index (χ3v) is 8.99. The molecule has 0 saturated heterocycles. The van der Waals surface area contributed by atoms with Gasteiger partial charge in [0.15, 0.2) is 28.7 Å². The van der Waals surface area contributed by atoms with Crippen molar-refractivity contribution in [3.8, 4) is 11.6 Å². The van der Waals surface area contributed by atoms with Crippen LogP contribution in [0, 0.1) is 19.8 Å². The van der Waals surface area contributed by atoms with E-state index in [1.807, 2.05) is 46.3 Å². The molecule has 2 aromatic carbocycles. The van der Waals surface area contributed by atoms with Crippen LogP contribution in [0.1, 0.15) is 48.0 Å². The summed E-state index contributed by atoms with van der Waals surface area (Å²) in [5.41, 5.74) is 9.93. The maximum Gasteiger partial charge on any atom is 0.430 e. The number of aryl methyl sites for hydroxylation is 4. The van der Waals surface area contributed by atoms with Gasteiger partial charge in [-0.1, -0.05) is 44.2 Å². The average molecular weight is 588 g/mol. The molecule has 220 valence electrons. The Hall–Kier alpha value is -4.98. The second kappa shape index (κ2) is 10.3. The van der Waals surface area contributed by atoms with E-state index in [4.69, 9.17) is 9.72 Å². The number of aromatic nitrogens is 6. The van der Waals surface area contributed by atoms with Gasteiger partial charge in [0.25, 0.3) is 5.65 Å². The molecule has 0 aliphatic carbocycles. The largest absolute Gasteiger partial charge is 0.430 e. The fourth-order valence-corrected chi connectivity index (χ4v) is 6.61. The Labute approximate surface area is 255 Å². The summed E-state index contributed by atoms with van der Waals surface area (Å²) in [5, 5.41) is 2.09. The highest BCUT2D eigenvalue weighted by Crippen LogP contribution is 2.39. The molecule has 0 amide bonds. The molecule has 0 aliphatic rings. The monoisotopic (exact) mass is 587 g/mol. The summed E-state index contributed by atoms with van der Waals surface area (Å²) in [4.78, 5) is 9.31. The third-order valence-electron chi connectivity index (χ3n) is 8.99. The number of fused-ring (bicyclic) bond motifs is 8. The van der Waals surface area contributed by atoms with Gasteiger partial charge in [-0.2, -0.15) is 13.4 Å². The summed E-state index contributed by atoms with van der Waals surface area (Å²) in [5.74, 6) is 0.181. The molecule has 44 heavy (non-hydrogen) atoms. The Morgan fingerprint density at radius 1 is 0.886 bits per heavy atom. The molecule has 0 spiro atoms. The van der Waals surface area contributed by atoms with Crippen LogP contribution in [0.2, 0.25) is 0 Å². The van der Waals surface area contributed by atoms with Crippen molar-refractivity contribution in [2.24, 2.45) is 21.1 Å². The number of para-hydroxylation sites is 2. The van der Waals surface area contributed by atoms with Gasteiger partial charge >= 0.3 is 11.8 Å². The molecule has 5 heterocycles. The standard InChI is InChI=1S/C36H36FN6O/c1-21(2)25-14-12-17-28-32(25)33-31(35-41(6)26-15-8-9-16-27(26)43(28)35)22(3)30(20-38-33)44-36-34(37)39-23(4)29(42(36)7)19-24-13-10-11-18-40(24)5/h8-18,20-21H,19H2,1-7H3/q+3. The van der Waals surface area contributed by atoms with E-state index in [-0.39, 0.29) is 5.88 Å². The quantitative estimate of drug-likeness (QED) is 0.186. The third kappa shape index (κ3) is 4.12. The van der Waals surface area contributed by atoms with Crippen LogP contribution in [0.25, 0.3) is 38.5 Å². The van der Waals surface area contributed by atoms with E-state index in [1.54, 1.807) is 10.8 Å². The second-order valence-electron chi connectivity index (χ2n) is 12.0. The minimum absolute atomic E-state index is 0.0537. The zero-order valence-electron chi connectivity index (χ0n) is 26.2. The van der Waals surface area contributed by atoms with E-state index in [0.29, 0.717) is 23.8 Å². The highest BCUT2D eigenvalue weighted by Gasteiger charge is 2.31. The van der Waals surface area contributed by atoms with E-state index in [2.05, 4.69) is 87.9 Å². The lowest BCUT2D eigenvalue weighted by Crippen LogP contribution is -2.41. The first kappa shape index (κ1) is 27.8. The smallest absolute Gasteiger partial charge is 0.400 e. The van der Waals surface area contributed by atoms with E-state index >= 15 is 4.39 Å². The second-order valence-corrected chi connectivity index (χ2v) is 12.0. The molecule has 8 heteroatoms. The predicted molar refractivity (Wildman–Crippen MR) is 168 cm³/mol. The first-order valence-corrected chi connectivity index (χ1v) is 15.0. The number of hydrogen-bond donors (Lipinski definition) is 0. The van der Waals surface area contributed by atoms with Crippen molar-refractivity contribution in [1.29, 1.82) is 0 Å². The first-order chi connectivity index (χ1) is 21.2. The number of pyridine rings is 3. The molecule has 7 nitrogen and oxygen atoms in total. The van der Waals surface area contributed by atoms with Crippen molar-refractivity contribution in [3.63, 3.8) is 0 Å². The number of rotatable bonds is 5. The van der Waals surface area contributed by atoms with Crippen LogP contribution in [0.5, 0.6) is 11.6 Å². The molecular weight excluding hydrogens is 551 g/mol. The van der Waals surface area contributed by atoms with Gasteiger partial charge in [0.2, 0.25) is 5.69 Å². The van der Waals surface area contributed by atoms with Crippen molar-refractivity contribution < 1.29 is 22.8 Å². The molecule has 0 radical (unpaired) electrons. The van der Waals surface area contributed by atoms with Crippen molar-refractivity contribution in [2.75, 3.05) is 0 Å². The summed E-state index contributed by atoms with van der Waals surface area (Å²) in [6.45, 7) is 8.29. The van der Waals surface area contributed by atoms with Crippen molar-refractivity contribution in [2.45, 2.75) is 40.0 Å². The molecule has 0 bridgehead atoms. The Kier molecular flexibility index (Phi) is 6.53. The van der Waals surface area contributed by atoms with Crippen molar-refractivity contribution >= 4 is 38.5 Å². The number of nitrogens with zero attached hydrogens (tertiary/aromatic N) is 6. The predicted octanol–water partition coefficient (Wildman–Crippen LogP) is 5.92. The number of ether oxygens (including phenoxy) is 1. The minimum atomic E-state index is -0.657. The lowest BCUT2D eigenvalue weighted by molar-refractivity contribution is -0.694. The van der Waals surface area contributed by atoms with Gasteiger partial charge in [-0.25, -0.2) is 14.1 Å². The van der Waals surface area contributed by atoms with Gasteiger partial charge in [-0.05, 0) is 43.5 Å². The first-order valence-electron chi connectivity index (χ1n) is 15.0. The van der Waals surface area contributed by atoms with Gasteiger partial charge < -0.3 is 4.74 Å². The van der Waals surface area contributed by atoms with E-state index < -0.39 is 5.95 Å². The zero-order valence-corrected chi connectivity index (χ0v) is 26.2. The average Bonchev–Trinajstić information content (AvgIpc) is 3.31. The van der Waals surface area contributed by atoms with Gasteiger partial charge in [-0.3, -0.25) is 4.98 Å². The minimum Gasteiger partial charge on any atom is -0.400 e. The van der Waals surface area contributed by atoms with Crippen molar-refractivity contribution in [3.05, 3.63) is 107 Å². The van der Waals surface area contributed by atoms with Crippen LogP contribution in [-0.4, -0.2) is 14.4 Å². The van der Waals surface area contributed by atoms with Gasteiger partial charge in [-0.15, -0.1) is 0 Å². The highest BCUT2D eigenvalue weighted by molar-refractivity contribution is 6.13. The molecule has 0 aliphatic heterocycles. The number of benzene rings is 2. The molecule has 5 aromatic heterocycles. The lowest BCUT2D eigenvalue weighted by atomic mass is 9.95. The van der Waals surface area contributed by atoms with Crippen LogP contribution in [0.4, 0.5) is 4.39 Å². The molecule has 7 rings (SSSR count). The summed E-state index contributed by atoms with van der Waals surface area (Å²) in [6.07, 6.45) is 4.31. The number of halogens is 1. The number of hydrogen-bond acceptors (Lipinski definition) is 3. The summed E-state index contributed by atoms with van der Waals surface area (Å²) >= 11 is 0. The van der Waals surface area contributed by atoms with Gasteiger partial charge in [0, 0.05) is 17.7 Å². The maximum atomic E-state index is 15.6. The molecule has 0 atom stereocenters. The van der Waals surface area contributed by atoms with Crippen LogP contribution in [0.3, 0.4) is 0 Å². The Bertz CT molecular complexity index is 2290. The van der Waals surface area contributed by atoms with Crippen LogP contribution in [-0.2, 0) is 27.6 Å². The van der Waals surface area contributed by atoms with Crippen LogP contribution >= 0.6 is 0 Å². The van der Waals surface area contributed by atoms with Gasteiger partial charge in [0.1, 0.15) is 31.7 Å². The topological polar surface area (TPSA) is 51.1 Å². The van der Waals surface area contributed by atoms with Gasteiger partial charge in [0.05, 0.1) is 29.5 Å². The van der Waals surface area contributed by atoms with Crippen LogP contribution < -0.4 is 18.4 Å². The Balaban J connectivity index is 1.49. The summed E-state index contributed by atoms with van der Waals surface area (Å²) in [6, 6.07) is 21.0. The fraction of sp³-hybridized carbons (Fsp3) is 0.250. The van der Waals surface area contributed by atoms with E-state index in [9.17, 15) is 0 Å². The van der Waals surface area contributed by atoms with E-state index in [1.165, 1.54) is 5.56 Å². The molecule has 0 N–H and O–H groups in total. The van der Waals surface area contributed by atoms with Crippen LogP contribution in [0.15, 0.2) is 73.1 Å². The zero-order chi connectivity index (χ0) is 30.9. The summed E-state index contributed by atoms with van der Waals surface area (Å²) in [7, 11) is 5.92. The molecular formula is C36H36FN6O+3.